The van der Waals surface area contributed by atoms with E-state index >= 15 is 0 Å². The molecule has 6 heteroatoms. The molecule has 5 aromatic rings. The lowest BCUT2D eigenvalue weighted by Gasteiger charge is -2.10. The average Bonchev–Trinajstić information content (AvgIpc) is 3.27. The molecule has 2 aromatic heterocycles. The number of hydrogen-bond acceptors (Lipinski definition) is 4. The fraction of sp³-hybridized carbons (Fsp3) is 0.111. The third-order valence-electron chi connectivity index (χ3n) is 5.39. The minimum Gasteiger partial charge on any atom is -0.487 e. The van der Waals surface area contributed by atoms with Crippen molar-refractivity contribution < 1.29 is 9.84 Å². The summed E-state index contributed by atoms with van der Waals surface area (Å²) in [4.78, 5) is 4.66. The van der Waals surface area contributed by atoms with Gasteiger partial charge in [0.05, 0.1) is 28.3 Å². The highest BCUT2D eigenvalue weighted by molar-refractivity contribution is 6.30. The van der Waals surface area contributed by atoms with Crippen molar-refractivity contribution in [2.45, 2.75) is 13.0 Å². The molecule has 0 atom stereocenters. The number of halogens is 1. The minimum absolute atomic E-state index is 0.0483. The van der Waals surface area contributed by atoms with Crippen LogP contribution in [-0.2, 0) is 13.0 Å². The Hall–Kier alpha value is -3.67. The van der Waals surface area contributed by atoms with E-state index in [9.17, 15) is 5.11 Å². The van der Waals surface area contributed by atoms with Crippen molar-refractivity contribution in [3.8, 4) is 22.7 Å². The molecule has 5 nitrogen and oxygen atoms in total. The molecule has 0 spiro atoms. The van der Waals surface area contributed by atoms with Gasteiger partial charge >= 0.3 is 0 Å². The second-order valence-electron chi connectivity index (χ2n) is 7.69. The normalized spacial score (nSPS) is 11.1. The van der Waals surface area contributed by atoms with Crippen molar-refractivity contribution >= 4 is 22.5 Å². The van der Waals surface area contributed by atoms with E-state index in [-0.39, 0.29) is 6.61 Å². The molecular weight excluding hydrogens is 434 g/mol. The first-order valence-electron chi connectivity index (χ1n) is 10.7. The SMILES string of the molecule is OCCc1cc(-c2ccc(Cl)cc2)n(-c2ccc(OCc3ccc4ccccc4n3)cc2)n1. The van der Waals surface area contributed by atoms with Gasteiger partial charge in [-0.15, -0.1) is 0 Å². The molecule has 3 aromatic carbocycles. The molecule has 0 amide bonds. The molecule has 0 saturated carbocycles. The number of para-hydroxylation sites is 1. The lowest BCUT2D eigenvalue weighted by atomic mass is 10.1. The number of aromatic nitrogens is 3. The number of benzene rings is 3. The Balaban J connectivity index is 1.36. The number of nitrogens with zero attached hydrogens (tertiary/aromatic N) is 3. The summed E-state index contributed by atoms with van der Waals surface area (Å²) in [7, 11) is 0. The van der Waals surface area contributed by atoms with Gasteiger partial charge in [0.1, 0.15) is 12.4 Å². The van der Waals surface area contributed by atoms with Gasteiger partial charge < -0.3 is 9.84 Å². The van der Waals surface area contributed by atoms with Crippen molar-refractivity contribution in [1.82, 2.24) is 14.8 Å². The molecule has 0 bridgehead atoms. The summed E-state index contributed by atoms with van der Waals surface area (Å²) < 4.78 is 7.84. The second-order valence-corrected chi connectivity index (χ2v) is 8.13. The summed E-state index contributed by atoms with van der Waals surface area (Å²) in [6, 6.07) is 29.5. The molecule has 164 valence electrons. The third-order valence-corrected chi connectivity index (χ3v) is 5.64. The van der Waals surface area contributed by atoms with E-state index in [0.29, 0.717) is 18.1 Å². The maximum atomic E-state index is 9.36. The van der Waals surface area contributed by atoms with Gasteiger partial charge in [-0.1, -0.05) is 48.0 Å². The summed E-state index contributed by atoms with van der Waals surface area (Å²) in [5.74, 6) is 0.754. The molecule has 0 aliphatic heterocycles. The standard InChI is InChI=1S/C27H22ClN3O2/c28-21-8-5-20(6-9-21)27-17-22(15-16-32)30-31(27)24-11-13-25(14-12-24)33-18-23-10-7-19-3-1-2-4-26(19)29-23/h1-14,17,32H,15-16,18H2. The molecular formula is C27H22ClN3O2. The molecule has 0 fully saturated rings. The molecule has 33 heavy (non-hydrogen) atoms. The Kier molecular flexibility index (Phi) is 6.07. The summed E-state index contributed by atoms with van der Waals surface area (Å²) in [6.45, 7) is 0.440. The van der Waals surface area contributed by atoms with Crippen molar-refractivity contribution in [3.05, 3.63) is 107 Å². The van der Waals surface area contributed by atoms with Crippen LogP contribution in [0.1, 0.15) is 11.4 Å². The van der Waals surface area contributed by atoms with Crippen LogP contribution in [-0.4, -0.2) is 26.5 Å². The summed E-state index contributed by atoms with van der Waals surface area (Å²) >= 11 is 6.06. The molecule has 0 unspecified atom stereocenters. The highest BCUT2D eigenvalue weighted by Gasteiger charge is 2.12. The van der Waals surface area contributed by atoms with Gasteiger partial charge in [0.25, 0.3) is 0 Å². The van der Waals surface area contributed by atoms with Crippen LogP contribution in [0.2, 0.25) is 5.02 Å². The first kappa shape index (κ1) is 21.2. The number of aliphatic hydroxyl groups is 1. The Morgan fingerprint density at radius 3 is 2.42 bits per heavy atom. The summed E-state index contributed by atoms with van der Waals surface area (Å²) in [5.41, 5.74) is 5.50. The van der Waals surface area contributed by atoms with Crippen LogP contribution in [0, 0.1) is 0 Å². The van der Waals surface area contributed by atoms with E-state index in [1.54, 1.807) is 0 Å². The molecule has 0 aliphatic carbocycles. The molecule has 0 aliphatic rings. The first-order valence-corrected chi connectivity index (χ1v) is 11.1. The Morgan fingerprint density at radius 2 is 1.64 bits per heavy atom. The highest BCUT2D eigenvalue weighted by Crippen LogP contribution is 2.27. The molecule has 0 saturated heterocycles. The van der Waals surface area contributed by atoms with Crippen molar-refractivity contribution in [2.75, 3.05) is 6.61 Å². The van der Waals surface area contributed by atoms with Gasteiger partial charge in [-0.2, -0.15) is 5.10 Å². The van der Waals surface area contributed by atoms with Gasteiger partial charge in [-0.3, -0.25) is 0 Å². The minimum atomic E-state index is 0.0483. The van der Waals surface area contributed by atoms with Crippen LogP contribution in [0.15, 0.2) is 91.0 Å². The van der Waals surface area contributed by atoms with Crippen LogP contribution in [0.25, 0.3) is 27.8 Å². The molecule has 1 N–H and O–H groups in total. The van der Waals surface area contributed by atoms with Crippen LogP contribution < -0.4 is 4.74 Å². The number of aliphatic hydroxyl groups excluding tert-OH is 1. The largest absolute Gasteiger partial charge is 0.487 e. The van der Waals surface area contributed by atoms with Crippen LogP contribution >= 0.6 is 11.6 Å². The Morgan fingerprint density at radius 1 is 0.848 bits per heavy atom. The number of ether oxygens (including phenoxy) is 1. The zero-order valence-electron chi connectivity index (χ0n) is 17.9. The first-order chi connectivity index (χ1) is 16.2. The van der Waals surface area contributed by atoms with Gasteiger partial charge in [0.2, 0.25) is 0 Å². The van der Waals surface area contributed by atoms with Gasteiger partial charge in [0.15, 0.2) is 0 Å². The van der Waals surface area contributed by atoms with E-state index in [4.69, 9.17) is 21.4 Å². The molecule has 5 rings (SSSR count). The van der Waals surface area contributed by atoms with Crippen LogP contribution in [0.4, 0.5) is 0 Å². The van der Waals surface area contributed by atoms with E-state index < -0.39 is 0 Å². The lowest BCUT2D eigenvalue weighted by Crippen LogP contribution is -2.01. The predicted molar refractivity (Wildman–Crippen MR) is 131 cm³/mol. The molecule has 2 heterocycles. The molecule has 0 radical (unpaired) electrons. The summed E-state index contributed by atoms with van der Waals surface area (Å²) in [6.07, 6.45) is 0.494. The highest BCUT2D eigenvalue weighted by atomic mass is 35.5. The summed E-state index contributed by atoms with van der Waals surface area (Å²) in [5, 5.41) is 15.8. The fourth-order valence-electron chi connectivity index (χ4n) is 3.72. The number of pyridine rings is 1. The lowest BCUT2D eigenvalue weighted by molar-refractivity contribution is 0.298. The maximum absolute atomic E-state index is 9.36. The van der Waals surface area contributed by atoms with Crippen LogP contribution in [0.5, 0.6) is 5.75 Å². The van der Waals surface area contributed by atoms with E-state index in [2.05, 4.69) is 11.1 Å². The van der Waals surface area contributed by atoms with E-state index in [1.165, 1.54) is 0 Å². The number of fused-ring (bicyclic) bond motifs is 1. The van der Waals surface area contributed by atoms with E-state index in [0.717, 1.165) is 45.0 Å². The van der Waals surface area contributed by atoms with Crippen molar-refractivity contribution in [3.63, 3.8) is 0 Å². The number of hydrogen-bond donors (Lipinski definition) is 1. The Labute approximate surface area is 196 Å². The smallest absolute Gasteiger partial charge is 0.130 e. The zero-order valence-corrected chi connectivity index (χ0v) is 18.6. The van der Waals surface area contributed by atoms with Crippen molar-refractivity contribution in [1.29, 1.82) is 0 Å². The van der Waals surface area contributed by atoms with Gasteiger partial charge in [0, 0.05) is 29.0 Å². The van der Waals surface area contributed by atoms with Crippen LogP contribution in [0.3, 0.4) is 0 Å². The maximum Gasteiger partial charge on any atom is 0.130 e. The Bertz CT molecular complexity index is 1380. The predicted octanol–water partition coefficient (Wildman–Crippen LogP) is 5.85. The quantitative estimate of drug-likeness (QED) is 0.334. The monoisotopic (exact) mass is 455 g/mol. The number of rotatable bonds is 7. The second kappa shape index (κ2) is 9.45. The third kappa shape index (κ3) is 4.75. The zero-order chi connectivity index (χ0) is 22.6. The van der Waals surface area contributed by atoms with E-state index in [1.807, 2.05) is 89.6 Å². The topological polar surface area (TPSA) is 60.2 Å². The fourth-order valence-corrected chi connectivity index (χ4v) is 3.85. The van der Waals surface area contributed by atoms with Gasteiger partial charge in [-0.25, -0.2) is 9.67 Å². The van der Waals surface area contributed by atoms with Crippen molar-refractivity contribution in [2.24, 2.45) is 0 Å². The average molecular weight is 456 g/mol. The van der Waals surface area contributed by atoms with Gasteiger partial charge in [-0.05, 0) is 54.6 Å².